The molecule has 5 aliphatic rings. The standard InChI is InChI=1S/C36H42O19/c1-15(50-23(39)8-5-16-3-6-17(7-4-16)51-34-29(44)27(42)25(40)21(12-37)52-34)19-11-36(55-32(19)47)10-9-18-20(31(46)48-2)14-49-33(24(18)36)54-35-30(45)28(43)26(41)22(13-38)53-35/h3-11,14-15,18,21-22,24-30,33-35,37-38,40-45H,12-13H2,1-2H3/b8-5+/t15-,18+,21+,22+,24+,25+,26+,27-,28-,29+,30+,33-,34+,35-,36+/m1/s1. The minimum atomic E-state index is -1.79. The number of carbonyl (C=O) groups is 3. The molecule has 8 N–H and O–H groups in total. The Hall–Kier alpha value is -4.25. The van der Waals surface area contributed by atoms with Gasteiger partial charge < -0.3 is 78.7 Å². The first kappa shape index (κ1) is 40.4. The maximum Gasteiger partial charge on any atom is 0.338 e. The van der Waals surface area contributed by atoms with Gasteiger partial charge in [0.1, 0.15) is 60.7 Å². The number of hydrogen-bond donors (Lipinski definition) is 8. The zero-order valence-corrected chi connectivity index (χ0v) is 29.3. The number of benzene rings is 1. The molecule has 6 rings (SSSR count). The van der Waals surface area contributed by atoms with Crippen LogP contribution in [0.3, 0.4) is 0 Å². The Kier molecular flexibility index (Phi) is 12.1. The topological polar surface area (TPSA) is 287 Å². The van der Waals surface area contributed by atoms with E-state index in [1.54, 1.807) is 18.2 Å². The first-order chi connectivity index (χ1) is 26.2. The van der Waals surface area contributed by atoms with Crippen LogP contribution in [0.25, 0.3) is 6.08 Å². The number of allylic oxidation sites excluding steroid dienone is 1. The summed E-state index contributed by atoms with van der Waals surface area (Å²) in [6.45, 7) is 0.110. The smallest absolute Gasteiger partial charge is 0.338 e. The Morgan fingerprint density at radius 3 is 2.11 bits per heavy atom. The average Bonchev–Trinajstić information content (AvgIpc) is 3.73. The summed E-state index contributed by atoms with van der Waals surface area (Å²) < 4.78 is 44.3. The molecule has 19 nitrogen and oxygen atoms in total. The van der Waals surface area contributed by atoms with Crippen molar-refractivity contribution in [1.29, 1.82) is 0 Å². The number of ether oxygens (including phenoxy) is 8. The van der Waals surface area contributed by atoms with E-state index < -0.39 is 122 Å². The molecule has 2 fully saturated rings. The third kappa shape index (κ3) is 7.91. The van der Waals surface area contributed by atoms with Gasteiger partial charge in [0.15, 0.2) is 11.9 Å². The lowest BCUT2D eigenvalue weighted by atomic mass is 9.78. The lowest BCUT2D eigenvalue weighted by Crippen LogP contribution is -2.60. The summed E-state index contributed by atoms with van der Waals surface area (Å²) in [5.41, 5.74) is -1.12. The Labute approximate surface area is 312 Å². The lowest BCUT2D eigenvalue weighted by molar-refractivity contribution is -0.344. The van der Waals surface area contributed by atoms with Gasteiger partial charge in [-0.05, 0) is 42.8 Å². The normalized spacial score (nSPS) is 38.8. The van der Waals surface area contributed by atoms with Crippen molar-refractivity contribution in [2.75, 3.05) is 20.3 Å². The monoisotopic (exact) mass is 778 g/mol. The summed E-state index contributed by atoms with van der Waals surface area (Å²) >= 11 is 0. The summed E-state index contributed by atoms with van der Waals surface area (Å²) in [7, 11) is 1.17. The van der Waals surface area contributed by atoms with Crippen molar-refractivity contribution in [3.63, 3.8) is 0 Å². The van der Waals surface area contributed by atoms with Crippen LogP contribution in [0.1, 0.15) is 12.5 Å². The first-order valence-corrected chi connectivity index (χ1v) is 17.2. The molecule has 1 aromatic carbocycles. The van der Waals surface area contributed by atoms with Crippen LogP contribution in [0.2, 0.25) is 0 Å². The fourth-order valence-corrected chi connectivity index (χ4v) is 6.96. The highest BCUT2D eigenvalue weighted by molar-refractivity contribution is 5.95. The van der Waals surface area contributed by atoms with Crippen molar-refractivity contribution in [2.45, 2.75) is 86.3 Å². The van der Waals surface area contributed by atoms with Gasteiger partial charge in [-0.3, -0.25) is 0 Å². The maximum atomic E-state index is 13.3. The molecule has 0 amide bonds. The molecule has 1 spiro atoms. The SMILES string of the molecule is COC(=O)C1=CO[C@H](O[C@H]2O[C@@H](CO)[C@H](O)[C@@H](O)[C@@H]2O)[C@@H]2[C@H]1C=C[C@]21C=C([C@@H](C)OC(=O)/C=C/c2ccc(O[C@H]3O[C@@H](CO)[C@H](O)[C@@H](O)[C@@H]3O)cc2)C(=O)O1. The molecule has 4 heterocycles. The maximum absolute atomic E-state index is 13.3. The van der Waals surface area contributed by atoms with Gasteiger partial charge in [-0.2, -0.15) is 0 Å². The minimum absolute atomic E-state index is 0.0465. The van der Waals surface area contributed by atoms with Gasteiger partial charge >= 0.3 is 17.9 Å². The molecular weight excluding hydrogens is 736 g/mol. The molecule has 19 heteroatoms. The van der Waals surface area contributed by atoms with Gasteiger partial charge in [0.2, 0.25) is 12.6 Å². The van der Waals surface area contributed by atoms with Gasteiger partial charge in [0.25, 0.3) is 0 Å². The Bertz CT molecular complexity index is 1700. The molecule has 55 heavy (non-hydrogen) atoms. The Balaban J connectivity index is 1.13. The molecule has 0 unspecified atom stereocenters. The van der Waals surface area contributed by atoms with Crippen molar-refractivity contribution >= 4 is 24.0 Å². The van der Waals surface area contributed by atoms with E-state index in [4.69, 9.17) is 37.9 Å². The highest BCUT2D eigenvalue weighted by Crippen LogP contribution is 2.51. The van der Waals surface area contributed by atoms with Crippen LogP contribution in [-0.4, -0.2) is 158 Å². The fourth-order valence-electron chi connectivity index (χ4n) is 6.96. The van der Waals surface area contributed by atoms with E-state index in [1.165, 1.54) is 44.4 Å². The summed E-state index contributed by atoms with van der Waals surface area (Å²) in [6, 6.07) is 6.09. The van der Waals surface area contributed by atoms with Gasteiger partial charge in [0.05, 0.1) is 43.6 Å². The Morgan fingerprint density at radius 2 is 1.49 bits per heavy atom. The number of aliphatic hydroxyl groups excluding tert-OH is 8. The number of rotatable bonds is 11. The molecule has 0 aromatic heterocycles. The van der Waals surface area contributed by atoms with E-state index >= 15 is 0 Å². The van der Waals surface area contributed by atoms with Gasteiger partial charge in [-0.1, -0.05) is 18.2 Å². The summed E-state index contributed by atoms with van der Waals surface area (Å²) in [4.78, 5) is 38.8. The van der Waals surface area contributed by atoms with E-state index in [-0.39, 0.29) is 16.9 Å². The quantitative estimate of drug-likeness (QED) is 0.0483. The predicted octanol–water partition coefficient (Wildman–Crippen LogP) is -2.94. The molecule has 0 saturated carbocycles. The highest BCUT2D eigenvalue weighted by atomic mass is 16.8. The van der Waals surface area contributed by atoms with Crippen LogP contribution in [0.4, 0.5) is 0 Å². The highest BCUT2D eigenvalue weighted by Gasteiger charge is 2.60. The van der Waals surface area contributed by atoms with E-state index in [9.17, 15) is 55.2 Å². The number of hydrogen-bond acceptors (Lipinski definition) is 19. The third-order valence-electron chi connectivity index (χ3n) is 10.0. The summed E-state index contributed by atoms with van der Waals surface area (Å²) in [6.07, 6.45) is -9.86. The average molecular weight is 779 g/mol. The minimum Gasteiger partial charge on any atom is -0.471 e. The lowest BCUT2D eigenvalue weighted by Gasteiger charge is -2.44. The molecule has 4 aliphatic heterocycles. The van der Waals surface area contributed by atoms with Crippen molar-refractivity contribution in [2.24, 2.45) is 11.8 Å². The van der Waals surface area contributed by atoms with Crippen LogP contribution < -0.4 is 4.74 Å². The molecule has 2 saturated heterocycles. The van der Waals surface area contributed by atoms with Crippen molar-refractivity contribution in [3.05, 3.63) is 71.5 Å². The second kappa shape index (κ2) is 16.5. The van der Waals surface area contributed by atoms with Crippen LogP contribution in [-0.2, 0) is 47.5 Å². The number of carbonyl (C=O) groups excluding carboxylic acids is 3. The largest absolute Gasteiger partial charge is 0.471 e. The second-order valence-corrected chi connectivity index (χ2v) is 13.5. The van der Waals surface area contributed by atoms with E-state index in [0.29, 0.717) is 5.56 Å². The van der Waals surface area contributed by atoms with Gasteiger partial charge in [-0.15, -0.1) is 0 Å². The molecule has 1 aliphatic carbocycles. The number of esters is 3. The fraction of sp³-hybridized carbons (Fsp3) is 0.528. The van der Waals surface area contributed by atoms with Crippen molar-refractivity contribution in [1.82, 2.24) is 0 Å². The summed E-state index contributed by atoms with van der Waals surface area (Å²) in [5, 5.41) is 80.2. The van der Waals surface area contributed by atoms with Crippen molar-refractivity contribution < 1.29 is 93.1 Å². The van der Waals surface area contributed by atoms with Gasteiger partial charge in [0, 0.05) is 12.0 Å². The molecule has 15 atom stereocenters. The zero-order valence-electron chi connectivity index (χ0n) is 29.3. The van der Waals surface area contributed by atoms with Crippen LogP contribution in [0.15, 0.2) is 66.0 Å². The number of aliphatic hydroxyl groups is 8. The molecular formula is C36H42O19. The molecule has 0 bridgehead atoms. The molecule has 1 aromatic rings. The molecule has 0 radical (unpaired) electrons. The van der Waals surface area contributed by atoms with Crippen LogP contribution >= 0.6 is 0 Å². The van der Waals surface area contributed by atoms with E-state index in [2.05, 4.69) is 0 Å². The first-order valence-electron chi connectivity index (χ1n) is 17.2. The van der Waals surface area contributed by atoms with E-state index in [0.717, 1.165) is 12.3 Å². The zero-order chi connectivity index (χ0) is 39.8. The van der Waals surface area contributed by atoms with E-state index in [1.807, 2.05) is 0 Å². The van der Waals surface area contributed by atoms with Crippen LogP contribution in [0, 0.1) is 11.8 Å². The third-order valence-corrected chi connectivity index (χ3v) is 10.0. The van der Waals surface area contributed by atoms with Gasteiger partial charge in [-0.25, -0.2) is 14.4 Å². The van der Waals surface area contributed by atoms with Crippen LogP contribution in [0.5, 0.6) is 5.75 Å². The Morgan fingerprint density at radius 1 is 0.873 bits per heavy atom. The summed E-state index contributed by atoms with van der Waals surface area (Å²) in [5.74, 6) is -4.10. The second-order valence-electron chi connectivity index (χ2n) is 13.5. The van der Waals surface area contributed by atoms with Crippen molar-refractivity contribution in [3.8, 4) is 5.75 Å². The predicted molar refractivity (Wildman–Crippen MR) is 178 cm³/mol. The molecule has 300 valence electrons. The number of methoxy groups -OCH3 is 1. The number of fused-ring (bicyclic) bond motifs is 2.